The Morgan fingerprint density at radius 3 is 2.07 bits per heavy atom. The van der Waals surface area contributed by atoms with Crippen LogP contribution in [0.3, 0.4) is 0 Å². The summed E-state index contributed by atoms with van der Waals surface area (Å²) < 4.78 is 0. The van der Waals surface area contributed by atoms with Crippen LogP contribution in [0.15, 0.2) is 24.3 Å². The van der Waals surface area contributed by atoms with Crippen LogP contribution in [0.2, 0.25) is 0 Å². The number of nitrogens with zero attached hydrogens (tertiary/aromatic N) is 1. The Kier molecular flexibility index (Phi) is 3.44. The van der Waals surface area contributed by atoms with E-state index < -0.39 is 0 Å². The van der Waals surface area contributed by atoms with Gasteiger partial charge in [-0.15, -0.1) is 0 Å². The van der Waals surface area contributed by atoms with Crippen molar-refractivity contribution in [3.05, 3.63) is 30.3 Å². The Bertz CT molecular complexity index is 247. The molecule has 0 N–H and O–H groups in total. The molecule has 0 amide bonds. The maximum Gasteiger partial charge on any atom is 0.0366 e. The monoisotopic (exact) mass is 188 g/mol. The summed E-state index contributed by atoms with van der Waals surface area (Å²) in [5.74, 6) is 0. The summed E-state index contributed by atoms with van der Waals surface area (Å²) in [6, 6.07) is 11.4. The molecule has 1 aliphatic rings. The molecule has 0 saturated carbocycles. The molecule has 0 bridgehead atoms. The number of anilines is 1. The van der Waals surface area contributed by atoms with Gasteiger partial charge in [0.15, 0.2) is 0 Å². The summed E-state index contributed by atoms with van der Waals surface area (Å²) in [5, 5.41) is 0. The number of hydrogen-bond donors (Lipinski definition) is 0. The second kappa shape index (κ2) is 5.04. The molecule has 0 atom stereocenters. The number of benzene rings is 1. The lowest BCUT2D eigenvalue weighted by molar-refractivity contribution is 0.556. The fourth-order valence-electron chi connectivity index (χ4n) is 2.09. The van der Waals surface area contributed by atoms with E-state index in [1.54, 1.807) is 0 Å². The topological polar surface area (TPSA) is 3.24 Å². The van der Waals surface area contributed by atoms with Crippen molar-refractivity contribution in [2.45, 2.75) is 32.1 Å². The highest BCUT2D eigenvalue weighted by Gasteiger charge is 2.07. The molecule has 1 heterocycles. The number of rotatable bonds is 1. The molecule has 0 aliphatic carbocycles. The fourth-order valence-corrected chi connectivity index (χ4v) is 2.09. The Morgan fingerprint density at radius 1 is 0.857 bits per heavy atom. The second-order valence-corrected chi connectivity index (χ2v) is 4.01. The van der Waals surface area contributed by atoms with Gasteiger partial charge in [0.25, 0.3) is 0 Å². The Hall–Kier alpha value is -0.980. The molecular weight excluding hydrogens is 170 g/mol. The minimum Gasteiger partial charge on any atom is -0.372 e. The molecular formula is C13H18N. The van der Waals surface area contributed by atoms with Gasteiger partial charge in [0.05, 0.1) is 0 Å². The van der Waals surface area contributed by atoms with Crippen LogP contribution in [0.5, 0.6) is 0 Å². The van der Waals surface area contributed by atoms with Gasteiger partial charge in [-0.3, -0.25) is 0 Å². The van der Waals surface area contributed by atoms with Crippen LogP contribution in [0.4, 0.5) is 5.69 Å². The highest BCUT2D eigenvalue weighted by atomic mass is 15.1. The molecule has 1 aromatic carbocycles. The van der Waals surface area contributed by atoms with Crippen LogP contribution in [0.25, 0.3) is 0 Å². The Morgan fingerprint density at radius 2 is 1.43 bits per heavy atom. The van der Waals surface area contributed by atoms with Crippen molar-refractivity contribution in [1.29, 1.82) is 0 Å². The largest absolute Gasteiger partial charge is 0.372 e. The normalized spacial score (nSPS) is 18.7. The molecule has 1 nitrogen and oxygen atoms in total. The summed E-state index contributed by atoms with van der Waals surface area (Å²) in [6.07, 6.45) is 6.92. The Balaban J connectivity index is 2.01. The van der Waals surface area contributed by atoms with Crippen molar-refractivity contribution in [3.63, 3.8) is 0 Å². The lowest BCUT2D eigenvalue weighted by atomic mass is 10.1. The zero-order chi connectivity index (χ0) is 9.64. The van der Waals surface area contributed by atoms with E-state index in [-0.39, 0.29) is 0 Å². The molecule has 1 heteroatoms. The maximum atomic E-state index is 3.07. The standard InChI is InChI=1S/C13H18N/c1-2-7-11-14(12-8-3-1)13-9-5-4-6-10-13/h5-6,9-10H,1-3,7-8,11-12H2. The van der Waals surface area contributed by atoms with Crippen LogP contribution in [-0.4, -0.2) is 13.1 Å². The summed E-state index contributed by atoms with van der Waals surface area (Å²) in [7, 11) is 0. The highest BCUT2D eigenvalue weighted by Crippen LogP contribution is 2.18. The van der Waals surface area contributed by atoms with Crippen molar-refractivity contribution in [1.82, 2.24) is 0 Å². The van der Waals surface area contributed by atoms with Gasteiger partial charge in [-0.05, 0) is 31.0 Å². The van der Waals surface area contributed by atoms with Gasteiger partial charge in [0.2, 0.25) is 0 Å². The average Bonchev–Trinajstić information content (AvgIpc) is 2.18. The Labute approximate surface area is 86.7 Å². The molecule has 1 fully saturated rings. The van der Waals surface area contributed by atoms with E-state index in [2.05, 4.69) is 23.1 Å². The SMILES string of the molecule is [c]1ccc(N2CCCCCCC2)cc1. The van der Waals surface area contributed by atoms with Gasteiger partial charge in [-0.1, -0.05) is 31.4 Å². The third-order valence-electron chi connectivity index (χ3n) is 2.92. The van der Waals surface area contributed by atoms with Crippen molar-refractivity contribution in [2.75, 3.05) is 18.0 Å². The zero-order valence-corrected chi connectivity index (χ0v) is 8.71. The van der Waals surface area contributed by atoms with Gasteiger partial charge in [0.1, 0.15) is 0 Å². The minimum absolute atomic E-state index is 1.23. The van der Waals surface area contributed by atoms with E-state index >= 15 is 0 Å². The molecule has 2 rings (SSSR count). The molecule has 1 saturated heterocycles. The van der Waals surface area contributed by atoms with Crippen LogP contribution in [0.1, 0.15) is 32.1 Å². The van der Waals surface area contributed by atoms with Gasteiger partial charge < -0.3 is 4.90 Å². The van der Waals surface area contributed by atoms with E-state index in [1.165, 1.54) is 50.9 Å². The molecule has 1 aromatic rings. The summed E-state index contributed by atoms with van der Waals surface area (Å²) in [4.78, 5) is 2.51. The zero-order valence-electron chi connectivity index (χ0n) is 8.71. The predicted molar refractivity (Wildman–Crippen MR) is 60.6 cm³/mol. The van der Waals surface area contributed by atoms with Crippen LogP contribution < -0.4 is 4.90 Å². The molecule has 0 spiro atoms. The first-order chi connectivity index (χ1) is 6.97. The molecule has 14 heavy (non-hydrogen) atoms. The van der Waals surface area contributed by atoms with Gasteiger partial charge in [-0.2, -0.15) is 0 Å². The van der Waals surface area contributed by atoms with E-state index in [1.807, 2.05) is 12.1 Å². The third-order valence-corrected chi connectivity index (χ3v) is 2.92. The van der Waals surface area contributed by atoms with Crippen molar-refractivity contribution >= 4 is 5.69 Å². The van der Waals surface area contributed by atoms with Crippen molar-refractivity contribution < 1.29 is 0 Å². The first-order valence-corrected chi connectivity index (χ1v) is 5.68. The molecule has 0 unspecified atom stereocenters. The second-order valence-electron chi connectivity index (χ2n) is 4.01. The van der Waals surface area contributed by atoms with E-state index in [4.69, 9.17) is 0 Å². The van der Waals surface area contributed by atoms with E-state index in [9.17, 15) is 0 Å². The van der Waals surface area contributed by atoms with E-state index in [0.717, 1.165) is 0 Å². The quantitative estimate of drug-likeness (QED) is 0.654. The molecule has 1 aliphatic heterocycles. The van der Waals surface area contributed by atoms with Crippen molar-refractivity contribution in [3.8, 4) is 0 Å². The molecule has 75 valence electrons. The van der Waals surface area contributed by atoms with Crippen LogP contribution >= 0.6 is 0 Å². The smallest absolute Gasteiger partial charge is 0.0366 e. The summed E-state index contributed by atoms with van der Waals surface area (Å²) >= 11 is 0. The van der Waals surface area contributed by atoms with Gasteiger partial charge in [0, 0.05) is 18.8 Å². The molecule has 0 aromatic heterocycles. The lowest BCUT2D eigenvalue weighted by Crippen LogP contribution is -2.26. The van der Waals surface area contributed by atoms with Gasteiger partial charge in [-0.25, -0.2) is 0 Å². The highest BCUT2D eigenvalue weighted by molar-refractivity contribution is 5.45. The average molecular weight is 188 g/mol. The first-order valence-electron chi connectivity index (χ1n) is 5.68. The number of hydrogen-bond acceptors (Lipinski definition) is 1. The van der Waals surface area contributed by atoms with E-state index in [0.29, 0.717) is 0 Å². The first kappa shape index (κ1) is 9.57. The lowest BCUT2D eigenvalue weighted by Gasteiger charge is -2.26. The fraction of sp³-hybridized carbons (Fsp3) is 0.538. The summed E-state index contributed by atoms with van der Waals surface area (Å²) in [5.41, 5.74) is 1.37. The van der Waals surface area contributed by atoms with Crippen LogP contribution in [0, 0.1) is 6.07 Å². The maximum absolute atomic E-state index is 3.07. The van der Waals surface area contributed by atoms with Crippen LogP contribution in [-0.2, 0) is 0 Å². The summed E-state index contributed by atoms with van der Waals surface area (Å²) in [6.45, 7) is 2.45. The minimum atomic E-state index is 1.23. The third kappa shape index (κ3) is 2.50. The van der Waals surface area contributed by atoms with Crippen molar-refractivity contribution in [2.24, 2.45) is 0 Å². The van der Waals surface area contributed by atoms with Gasteiger partial charge >= 0.3 is 0 Å². The predicted octanol–water partition coefficient (Wildman–Crippen LogP) is 3.26. The molecule has 1 radical (unpaired) electrons.